The van der Waals surface area contributed by atoms with Crippen LogP contribution in [-0.4, -0.2) is 4.57 Å². The van der Waals surface area contributed by atoms with Gasteiger partial charge in [0.2, 0.25) is 0 Å². The second kappa shape index (κ2) is 10.8. The van der Waals surface area contributed by atoms with Gasteiger partial charge in [-0.1, -0.05) is 109 Å². The highest BCUT2D eigenvalue weighted by Crippen LogP contribution is 2.50. The summed E-state index contributed by atoms with van der Waals surface area (Å²) in [6.07, 6.45) is 0. The largest absolute Gasteiger partial charge is 0.309 e. The topological polar surface area (TPSA) is 8.17 Å². The molecule has 0 aliphatic rings. The van der Waals surface area contributed by atoms with Gasteiger partial charge in [-0.25, -0.2) is 0 Å². The number of nitrogens with zero attached hydrogens (tertiary/aromatic N) is 2. The zero-order valence-electron chi connectivity index (χ0n) is 26.9. The van der Waals surface area contributed by atoms with Gasteiger partial charge in [-0.2, -0.15) is 0 Å². The number of para-hydroxylation sites is 2. The summed E-state index contributed by atoms with van der Waals surface area (Å²) < 4.78 is 7.65. The molecule has 0 N–H and O–H groups in total. The molecule has 0 aliphatic carbocycles. The van der Waals surface area contributed by atoms with Crippen molar-refractivity contribution in [3.05, 3.63) is 170 Å². The van der Waals surface area contributed by atoms with E-state index in [1.54, 1.807) is 0 Å². The van der Waals surface area contributed by atoms with Gasteiger partial charge in [-0.15, -0.1) is 22.7 Å². The number of rotatable bonds is 4. The van der Waals surface area contributed by atoms with E-state index in [2.05, 4.69) is 179 Å². The molecule has 2 nitrogen and oxygen atoms in total. The lowest BCUT2D eigenvalue weighted by molar-refractivity contribution is 1.18. The number of hydrogen-bond acceptors (Lipinski definition) is 3. The molecule has 4 heteroatoms. The first kappa shape index (κ1) is 28.0. The number of benzene rings is 8. The molecule has 234 valence electrons. The highest BCUT2D eigenvalue weighted by atomic mass is 32.1. The van der Waals surface area contributed by atoms with Crippen LogP contribution in [0.25, 0.3) is 78.6 Å². The van der Waals surface area contributed by atoms with Crippen LogP contribution in [0.15, 0.2) is 170 Å². The third-order valence-corrected chi connectivity index (χ3v) is 12.5. The molecule has 50 heavy (non-hydrogen) atoms. The molecule has 0 radical (unpaired) electrons. The third-order valence-electron chi connectivity index (χ3n) is 10.2. The lowest BCUT2D eigenvalue weighted by atomic mass is 10.0. The Hall–Kier alpha value is -5.94. The van der Waals surface area contributed by atoms with Crippen molar-refractivity contribution < 1.29 is 0 Å². The summed E-state index contributed by atoms with van der Waals surface area (Å²) in [6, 6.07) is 62.4. The fourth-order valence-electron chi connectivity index (χ4n) is 8.02. The number of aromatic nitrogens is 1. The van der Waals surface area contributed by atoms with Crippen LogP contribution in [0, 0.1) is 0 Å². The maximum atomic E-state index is 2.53. The second-order valence-electron chi connectivity index (χ2n) is 12.9. The van der Waals surface area contributed by atoms with E-state index in [-0.39, 0.29) is 0 Å². The number of thiophene rings is 2. The molecule has 0 saturated heterocycles. The minimum atomic E-state index is 1.15. The molecule has 0 amide bonds. The van der Waals surface area contributed by atoms with E-state index in [0.29, 0.717) is 0 Å². The predicted octanol–water partition coefficient (Wildman–Crippen LogP) is 14.1. The van der Waals surface area contributed by atoms with Gasteiger partial charge in [0.05, 0.1) is 22.4 Å². The SMILES string of the molecule is c1ccc(-n2c3ccccc3c3c(N(c4ccc5c(c4)sc4ccccc45)c4cccc5sc6c7ccccc7ccc6c45)cccc32)cc1. The molecule has 0 atom stereocenters. The van der Waals surface area contributed by atoms with Crippen molar-refractivity contribution in [2.24, 2.45) is 0 Å². The molecule has 3 aromatic heterocycles. The van der Waals surface area contributed by atoms with Gasteiger partial charge < -0.3 is 9.47 Å². The molecule has 0 spiro atoms. The Balaban J connectivity index is 1.27. The quantitative estimate of drug-likeness (QED) is 0.181. The van der Waals surface area contributed by atoms with E-state index in [4.69, 9.17) is 0 Å². The summed E-state index contributed by atoms with van der Waals surface area (Å²) >= 11 is 3.77. The lowest BCUT2D eigenvalue weighted by Crippen LogP contribution is -2.10. The molecule has 0 bridgehead atoms. The average molecular weight is 673 g/mol. The zero-order chi connectivity index (χ0) is 32.8. The highest BCUT2D eigenvalue weighted by molar-refractivity contribution is 7.27. The monoisotopic (exact) mass is 672 g/mol. The molecular weight excluding hydrogens is 645 g/mol. The third kappa shape index (κ3) is 4.01. The summed E-state index contributed by atoms with van der Waals surface area (Å²) in [6.45, 7) is 0. The van der Waals surface area contributed by atoms with Crippen molar-refractivity contribution in [1.29, 1.82) is 0 Å². The molecule has 11 aromatic rings. The van der Waals surface area contributed by atoms with Crippen molar-refractivity contribution in [2.75, 3.05) is 4.90 Å². The van der Waals surface area contributed by atoms with E-state index >= 15 is 0 Å². The fraction of sp³-hybridized carbons (Fsp3) is 0. The van der Waals surface area contributed by atoms with Crippen LogP contribution in [-0.2, 0) is 0 Å². The van der Waals surface area contributed by atoms with E-state index in [9.17, 15) is 0 Å². The number of fused-ring (bicyclic) bond motifs is 11. The van der Waals surface area contributed by atoms with Crippen molar-refractivity contribution in [2.45, 2.75) is 0 Å². The van der Waals surface area contributed by atoms with Crippen molar-refractivity contribution in [3.63, 3.8) is 0 Å². The van der Waals surface area contributed by atoms with Crippen LogP contribution >= 0.6 is 22.7 Å². The number of hydrogen-bond donors (Lipinski definition) is 0. The molecule has 3 heterocycles. The Morgan fingerprint density at radius 1 is 0.400 bits per heavy atom. The van der Waals surface area contributed by atoms with Gasteiger partial charge in [-0.3, -0.25) is 0 Å². The highest BCUT2D eigenvalue weighted by Gasteiger charge is 2.24. The molecule has 0 unspecified atom stereocenters. The van der Waals surface area contributed by atoms with Gasteiger partial charge in [0.15, 0.2) is 0 Å². The Labute approximate surface area is 296 Å². The minimum Gasteiger partial charge on any atom is -0.309 e. The Kier molecular flexibility index (Phi) is 6.03. The number of anilines is 3. The molecule has 0 fully saturated rings. The normalized spacial score (nSPS) is 12.0. The first-order valence-electron chi connectivity index (χ1n) is 16.9. The Morgan fingerprint density at radius 3 is 1.96 bits per heavy atom. The summed E-state index contributed by atoms with van der Waals surface area (Å²) in [5, 5.41) is 10.3. The predicted molar refractivity (Wildman–Crippen MR) is 219 cm³/mol. The smallest absolute Gasteiger partial charge is 0.0562 e. The van der Waals surface area contributed by atoms with Crippen LogP contribution in [0.5, 0.6) is 0 Å². The maximum Gasteiger partial charge on any atom is 0.0562 e. The fourth-order valence-corrected chi connectivity index (χ4v) is 10.4. The molecular formula is C46H28N2S2. The van der Waals surface area contributed by atoms with E-state index in [1.165, 1.54) is 84.3 Å². The summed E-state index contributed by atoms with van der Waals surface area (Å²) in [5.74, 6) is 0. The summed E-state index contributed by atoms with van der Waals surface area (Å²) in [4.78, 5) is 2.53. The van der Waals surface area contributed by atoms with Gasteiger partial charge in [0, 0.05) is 62.5 Å². The van der Waals surface area contributed by atoms with Crippen LogP contribution in [0.2, 0.25) is 0 Å². The van der Waals surface area contributed by atoms with Gasteiger partial charge in [0.25, 0.3) is 0 Å². The van der Waals surface area contributed by atoms with E-state index in [0.717, 1.165) is 11.4 Å². The van der Waals surface area contributed by atoms with Crippen LogP contribution in [0.1, 0.15) is 0 Å². The van der Waals surface area contributed by atoms with Crippen LogP contribution in [0.3, 0.4) is 0 Å². The van der Waals surface area contributed by atoms with Gasteiger partial charge in [-0.05, 0) is 71.4 Å². The molecule has 0 saturated carbocycles. The Morgan fingerprint density at radius 2 is 1.06 bits per heavy atom. The molecule has 11 rings (SSSR count). The average Bonchev–Trinajstić information content (AvgIpc) is 3.85. The maximum absolute atomic E-state index is 2.53. The summed E-state index contributed by atoms with van der Waals surface area (Å²) in [7, 11) is 0. The van der Waals surface area contributed by atoms with Crippen LogP contribution in [0.4, 0.5) is 17.1 Å². The Bertz CT molecular complexity index is 3110. The summed E-state index contributed by atoms with van der Waals surface area (Å²) in [5.41, 5.74) is 7.06. The first-order chi connectivity index (χ1) is 24.8. The van der Waals surface area contributed by atoms with E-state index < -0.39 is 0 Å². The molecule has 0 aliphatic heterocycles. The second-order valence-corrected chi connectivity index (χ2v) is 15.0. The van der Waals surface area contributed by atoms with E-state index in [1.807, 2.05) is 22.7 Å². The van der Waals surface area contributed by atoms with Crippen molar-refractivity contribution >= 4 is 113 Å². The van der Waals surface area contributed by atoms with Gasteiger partial charge >= 0.3 is 0 Å². The van der Waals surface area contributed by atoms with Gasteiger partial charge in [0.1, 0.15) is 0 Å². The first-order valence-corrected chi connectivity index (χ1v) is 18.6. The zero-order valence-corrected chi connectivity index (χ0v) is 28.5. The standard InChI is InChI=1S/C46H28N2S2/c1-2-13-30(14-3-1)47-37-18-8-6-17-35(37)44-38(47)19-10-20-39(44)48(31-25-27-34-33-16-7-9-22-41(33)49-43(34)28-31)40-21-11-23-42-45(40)36-26-24-29-12-4-5-15-32(29)46(36)50-42/h1-28H. The van der Waals surface area contributed by atoms with Crippen LogP contribution < -0.4 is 4.90 Å². The minimum absolute atomic E-state index is 1.15. The van der Waals surface area contributed by atoms with Crippen molar-refractivity contribution in [3.8, 4) is 5.69 Å². The van der Waals surface area contributed by atoms with Crippen molar-refractivity contribution in [1.82, 2.24) is 4.57 Å². The molecule has 8 aromatic carbocycles. The lowest BCUT2D eigenvalue weighted by Gasteiger charge is -2.27.